The Kier molecular flexibility index (Phi) is 4.27. The fourth-order valence-corrected chi connectivity index (χ4v) is 3.18. The van der Waals surface area contributed by atoms with E-state index in [0.29, 0.717) is 0 Å². The highest BCUT2D eigenvalue weighted by molar-refractivity contribution is 5.83. The first-order chi connectivity index (χ1) is 13.0. The molecule has 0 aliphatic carbocycles. The zero-order chi connectivity index (χ0) is 18.9. The van der Waals surface area contributed by atoms with E-state index in [0.717, 1.165) is 33.3 Å². The summed E-state index contributed by atoms with van der Waals surface area (Å²) in [5, 5.41) is 10.5. The summed E-state index contributed by atoms with van der Waals surface area (Å²) in [4.78, 5) is 4.51. The summed E-state index contributed by atoms with van der Waals surface area (Å²) in [7, 11) is 0. The zero-order valence-electron chi connectivity index (χ0n) is 15.3. The summed E-state index contributed by atoms with van der Waals surface area (Å²) in [5.74, 6) is 3.15. The monoisotopic (exact) mass is 352 g/mol. The SMILES string of the molecule is CC(C)(O)c1ccccc1-c1ccc2c(c1)ncn2C#Cc1ccccc1. The largest absolute Gasteiger partial charge is 0.386 e. The van der Waals surface area contributed by atoms with Gasteiger partial charge < -0.3 is 5.11 Å². The van der Waals surface area contributed by atoms with Crippen molar-refractivity contribution >= 4 is 11.0 Å². The standard InChI is InChI=1S/C24H20N2O/c1-24(2,27)21-11-7-6-10-20(21)19-12-13-23-22(16-19)25-17-26(23)15-14-18-8-4-3-5-9-18/h3-13,16-17,27H,1-2H3. The molecule has 0 saturated carbocycles. The van der Waals surface area contributed by atoms with Crippen LogP contribution in [0, 0.1) is 12.0 Å². The summed E-state index contributed by atoms with van der Waals surface area (Å²) >= 11 is 0. The first-order valence-corrected chi connectivity index (χ1v) is 8.89. The van der Waals surface area contributed by atoms with Gasteiger partial charge >= 0.3 is 0 Å². The Hall–Kier alpha value is -3.35. The highest BCUT2D eigenvalue weighted by Gasteiger charge is 2.20. The molecule has 4 aromatic rings. The lowest BCUT2D eigenvalue weighted by Crippen LogP contribution is -2.16. The average molecular weight is 352 g/mol. The Morgan fingerprint density at radius 1 is 0.926 bits per heavy atom. The predicted molar refractivity (Wildman–Crippen MR) is 109 cm³/mol. The number of aromatic nitrogens is 2. The number of benzene rings is 3. The average Bonchev–Trinajstić information content (AvgIpc) is 3.09. The quantitative estimate of drug-likeness (QED) is 0.527. The number of hydrogen-bond donors (Lipinski definition) is 1. The van der Waals surface area contributed by atoms with Crippen LogP contribution < -0.4 is 0 Å². The van der Waals surface area contributed by atoms with E-state index >= 15 is 0 Å². The molecule has 4 rings (SSSR count). The molecular weight excluding hydrogens is 332 g/mol. The van der Waals surface area contributed by atoms with Gasteiger partial charge in [-0.3, -0.25) is 4.57 Å². The van der Waals surface area contributed by atoms with Crippen LogP contribution in [0.15, 0.2) is 79.1 Å². The summed E-state index contributed by atoms with van der Waals surface area (Å²) in [6.45, 7) is 3.61. The molecule has 3 nitrogen and oxygen atoms in total. The van der Waals surface area contributed by atoms with Crippen LogP contribution in [0.25, 0.3) is 22.2 Å². The lowest BCUT2D eigenvalue weighted by Gasteiger charge is -2.21. The fourth-order valence-electron chi connectivity index (χ4n) is 3.18. The van der Waals surface area contributed by atoms with Gasteiger partial charge in [0.05, 0.1) is 16.6 Å². The third-order valence-electron chi connectivity index (χ3n) is 4.54. The van der Waals surface area contributed by atoms with Gasteiger partial charge in [-0.1, -0.05) is 48.5 Å². The predicted octanol–water partition coefficient (Wildman–Crippen LogP) is 4.79. The van der Waals surface area contributed by atoms with Crippen LogP contribution in [0.3, 0.4) is 0 Å². The van der Waals surface area contributed by atoms with E-state index in [1.807, 2.05) is 71.3 Å². The molecule has 3 aromatic carbocycles. The smallest absolute Gasteiger partial charge is 0.108 e. The number of fused-ring (bicyclic) bond motifs is 1. The molecule has 0 amide bonds. The van der Waals surface area contributed by atoms with E-state index in [2.05, 4.69) is 23.0 Å². The second-order valence-electron chi connectivity index (χ2n) is 7.03. The van der Waals surface area contributed by atoms with Crippen molar-refractivity contribution in [1.29, 1.82) is 0 Å². The van der Waals surface area contributed by atoms with E-state index in [-0.39, 0.29) is 0 Å². The molecule has 0 spiro atoms. The van der Waals surface area contributed by atoms with E-state index in [4.69, 9.17) is 0 Å². The van der Waals surface area contributed by atoms with E-state index in [9.17, 15) is 5.11 Å². The molecule has 0 aliphatic heterocycles. The molecule has 0 bridgehead atoms. The summed E-state index contributed by atoms with van der Waals surface area (Å²) < 4.78 is 1.84. The maximum Gasteiger partial charge on any atom is 0.108 e. The van der Waals surface area contributed by atoms with Crippen LogP contribution >= 0.6 is 0 Å². The third kappa shape index (κ3) is 3.48. The molecular formula is C24H20N2O. The minimum absolute atomic E-state index is 0.875. The van der Waals surface area contributed by atoms with Gasteiger partial charge in [-0.25, -0.2) is 4.98 Å². The normalized spacial score (nSPS) is 11.2. The van der Waals surface area contributed by atoms with Crippen molar-refractivity contribution < 1.29 is 5.11 Å². The molecule has 0 saturated heterocycles. The van der Waals surface area contributed by atoms with Gasteiger partial charge in [0.25, 0.3) is 0 Å². The highest BCUT2D eigenvalue weighted by Crippen LogP contribution is 2.32. The second kappa shape index (κ2) is 6.75. The van der Waals surface area contributed by atoms with Crippen molar-refractivity contribution in [1.82, 2.24) is 9.55 Å². The van der Waals surface area contributed by atoms with Crippen LogP contribution in [0.4, 0.5) is 0 Å². The molecule has 0 aliphatic rings. The first-order valence-electron chi connectivity index (χ1n) is 8.89. The molecule has 0 unspecified atom stereocenters. The molecule has 3 heteroatoms. The van der Waals surface area contributed by atoms with Crippen molar-refractivity contribution in [3.63, 3.8) is 0 Å². The summed E-state index contributed by atoms with van der Waals surface area (Å²) in [6, 6.07) is 27.1. The Morgan fingerprint density at radius 2 is 1.67 bits per heavy atom. The van der Waals surface area contributed by atoms with Crippen LogP contribution in [-0.4, -0.2) is 14.7 Å². The highest BCUT2D eigenvalue weighted by atomic mass is 16.3. The maximum absolute atomic E-state index is 10.5. The lowest BCUT2D eigenvalue weighted by atomic mass is 9.89. The number of nitrogens with zero attached hydrogens (tertiary/aromatic N) is 2. The van der Waals surface area contributed by atoms with Gasteiger partial charge in [0, 0.05) is 11.6 Å². The topological polar surface area (TPSA) is 38.1 Å². The van der Waals surface area contributed by atoms with Crippen LogP contribution in [0.1, 0.15) is 25.0 Å². The van der Waals surface area contributed by atoms with Gasteiger partial charge in [-0.2, -0.15) is 0 Å². The number of aliphatic hydroxyl groups is 1. The number of hydrogen-bond acceptors (Lipinski definition) is 2. The molecule has 1 aromatic heterocycles. The Bertz CT molecular complexity index is 1160. The molecule has 0 fully saturated rings. The Balaban J connectivity index is 1.75. The molecule has 0 radical (unpaired) electrons. The van der Waals surface area contributed by atoms with Crippen molar-refractivity contribution in [3.8, 4) is 23.1 Å². The maximum atomic E-state index is 10.5. The second-order valence-corrected chi connectivity index (χ2v) is 7.03. The molecule has 1 N–H and O–H groups in total. The van der Waals surface area contributed by atoms with E-state index in [1.54, 1.807) is 20.2 Å². The van der Waals surface area contributed by atoms with Crippen molar-refractivity contribution in [3.05, 3.63) is 90.3 Å². The van der Waals surface area contributed by atoms with Gasteiger partial charge in [-0.05, 0) is 60.7 Å². The summed E-state index contributed by atoms with van der Waals surface area (Å²) in [6.07, 6.45) is 1.74. The van der Waals surface area contributed by atoms with Gasteiger partial charge in [0.15, 0.2) is 0 Å². The van der Waals surface area contributed by atoms with Crippen LogP contribution in [-0.2, 0) is 5.60 Å². The number of imidazole rings is 1. The fraction of sp³-hybridized carbons (Fsp3) is 0.125. The minimum Gasteiger partial charge on any atom is -0.386 e. The van der Waals surface area contributed by atoms with Gasteiger partial charge in [0.2, 0.25) is 0 Å². The van der Waals surface area contributed by atoms with Crippen molar-refractivity contribution in [2.45, 2.75) is 19.4 Å². The molecule has 1 heterocycles. The number of rotatable bonds is 2. The first kappa shape index (κ1) is 17.1. The summed E-state index contributed by atoms with van der Waals surface area (Å²) in [5.41, 5.74) is 4.83. The third-order valence-corrected chi connectivity index (χ3v) is 4.54. The molecule has 0 atom stereocenters. The Morgan fingerprint density at radius 3 is 2.44 bits per heavy atom. The molecule has 132 valence electrons. The van der Waals surface area contributed by atoms with E-state index in [1.165, 1.54) is 0 Å². The minimum atomic E-state index is -0.911. The van der Waals surface area contributed by atoms with Gasteiger partial charge in [-0.15, -0.1) is 0 Å². The lowest BCUT2D eigenvalue weighted by molar-refractivity contribution is 0.0792. The van der Waals surface area contributed by atoms with Crippen LogP contribution in [0.5, 0.6) is 0 Å². The Labute approximate surface area is 158 Å². The zero-order valence-corrected chi connectivity index (χ0v) is 15.3. The van der Waals surface area contributed by atoms with Crippen molar-refractivity contribution in [2.75, 3.05) is 0 Å². The molecule has 27 heavy (non-hydrogen) atoms. The van der Waals surface area contributed by atoms with E-state index < -0.39 is 5.60 Å². The van der Waals surface area contributed by atoms with Gasteiger partial charge in [0.1, 0.15) is 6.33 Å². The van der Waals surface area contributed by atoms with Crippen LogP contribution in [0.2, 0.25) is 0 Å². The van der Waals surface area contributed by atoms with Crippen molar-refractivity contribution in [2.24, 2.45) is 0 Å².